The molecule has 0 saturated heterocycles. The van der Waals surface area contributed by atoms with Crippen molar-refractivity contribution in [3.63, 3.8) is 0 Å². The number of anilines is 1. The molecule has 7 nitrogen and oxygen atoms in total. The molecule has 0 saturated carbocycles. The Labute approximate surface area is 152 Å². The number of hydrogen-bond donors (Lipinski definition) is 3. The minimum absolute atomic E-state index is 0.214. The molecule has 1 unspecified atom stereocenters. The quantitative estimate of drug-likeness (QED) is 0.620. The first-order valence-corrected chi connectivity index (χ1v) is 8.23. The molecule has 4 N–H and O–H groups in total. The van der Waals surface area contributed by atoms with Crippen LogP contribution < -0.4 is 11.1 Å². The molecule has 1 aromatic carbocycles. The zero-order valence-electron chi connectivity index (χ0n) is 14.8. The number of rotatable bonds is 8. The van der Waals surface area contributed by atoms with Crippen LogP contribution in [0.2, 0.25) is 0 Å². The average Bonchev–Trinajstić information content (AvgIpc) is 2.62. The third-order valence-corrected chi connectivity index (χ3v) is 3.76. The number of nitrogens with zero attached hydrogens (tertiary/aromatic N) is 1. The Balaban J connectivity index is 2.04. The van der Waals surface area contributed by atoms with Gasteiger partial charge >= 0.3 is 11.9 Å². The molecule has 26 heavy (non-hydrogen) atoms. The van der Waals surface area contributed by atoms with Crippen LogP contribution in [-0.2, 0) is 16.0 Å². The molecule has 2 aromatic rings. The van der Waals surface area contributed by atoms with E-state index in [-0.39, 0.29) is 13.0 Å². The molecule has 0 amide bonds. The Bertz CT molecular complexity index is 745. The zero-order chi connectivity index (χ0) is 19.2. The fraction of sp³-hybridized carbons (Fsp3) is 0.316. The lowest BCUT2D eigenvalue weighted by Gasteiger charge is -2.23. The van der Waals surface area contributed by atoms with Crippen LogP contribution in [-0.4, -0.2) is 40.2 Å². The first-order valence-electron chi connectivity index (χ1n) is 8.23. The summed E-state index contributed by atoms with van der Waals surface area (Å²) < 4.78 is 5.32. The van der Waals surface area contributed by atoms with Gasteiger partial charge in [0.05, 0.1) is 5.56 Å². The van der Waals surface area contributed by atoms with Gasteiger partial charge < -0.3 is 20.9 Å². The van der Waals surface area contributed by atoms with Gasteiger partial charge in [0.15, 0.2) is 0 Å². The number of carboxylic acids is 1. The van der Waals surface area contributed by atoms with E-state index < -0.39 is 23.6 Å². The monoisotopic (exact) mass is 357 g/mol. The smallest absolute Gasteiger partial charge is 0.338 e. The van der Waals surface area contributed by atoms with Gasteiger partial charge in [0.2, 0.25) is 0 Å². The Morgan fingerprint density at radius 1 is 1.23 bits per heavy atom. The summed E-state index contributed by atoms with van der Waals surface area (Å²) in [5, 5.41) is 12.4. The normalized spacial score (nSPS) is 12.3. The Kier molecular flexibility index (Phi) is 6.30. The van der Waals surface area contributed by atoms with Crippen molar-refractivity contribution in [1.29, 1.82) is 0 Å². The standard InChI is InChI=1S/C19H23N3O4/c1-19(2,12-20)26-18(25)13-6-8-14(9-7-13)22-16(17(23)24)11-15-5-3-4-10-21-15/h3-10,16,22H,11-12,20H2,1-2H3,(H,23,24). The van der Waals surface area contributed by atoms with Gasteiger partial charge in [0, 0.05) is 30.5 Å². The maximum atomic E-state index is 12.1. The number of ether oxygens (including phenoxy) is 1. The minimum Gasteiger partial charge on any atom is -0.480 e. The van der Waals surface area contributed by atoms with Crippen LogP contribution in [0.15, 0.2) is 48.7 Å². The number of benzene rings is 1. The van der Waals surface area contributed by atoms with Crippen molar-refractivity contribution < 1.29 is 19.4 Å². The molecule has 1 aromatic heterocycles. The maximum absolute atomic E-state index is 12.1. The number of hydrogen-bond acceptors (Lipinski definition) is 6. The Morgan fingerprint density at radius 2 is 1.92 bits per heavy atom. The van der Waals surface area contributed by atoms with Crippen LogP contribution in [0.1, 0.15) is 29.9 Å². The van der Waals surface area contributed by atoms with Crippen molar-refractivity contribution in [3.05, 3.63) is 59.9 Å². The maximum Gasteiger partial charge on any atom is 0.338 e. The van der Waals surface area contributed by atoms with E-state index in [9.17, 15) is 14.7 Å². The summed E-state index contributed by atoms with van der Waals surface area (Å²) in [6.07, 6.45) is 1.86. The van der Waals surface area contributed by atoms with Gasteiger partial charge in [-0.25, -0.2) is 9.59 Å². The summed E-state index contributed by atoms with van der Waals surface area (Å²) in [5.74, 6) is -1.46. The average molecular weight is 357 g/mol. The fourth-order valence-electron chi connectivity index (χ4n) is 2.18. The predicted octanol–water partition coefficient (Wildman–Crippen LogP) is 2.08. The van der Waals surface area contributed by atoms with E-state index in [4.69, 9.17) is 10.5 Å². The van der Waals surface area contributed by atoms with Crippen molar-refractivity contribution in [1.82, 2.24) is 4.98 Å². The zero-order valence-corrected chi connectivity index (χ0v) is 14.8. The molecule has 7 heteroatoms. The third kappa shape index (κ3) is 5.56. The SMILES string of the molecule is CC(C)(CN)OC(=O)c1ccc(NC(Cc2ccccn2)C(=O)O)cc1. The third-order valence-electron chi connectivity index (χ3n) is 3.76. The number of carboxylic acid groups (broad SMARTS) is 1. The molecule has 1 atom stereocenters. The summed E-state index contributed by atoms with van der Waals surface area (Å²) in [5.41, 5.74) is 6.44. The molecule has 2 rings (SSSR count). The molecule has 0 aliphatic heterocycles. The van der Waals surface area contributed by atoms with Gasteiger partial charge in [0.1, 0.15) is 11.6 Å². The lowest BCUT2D eigenvalue weighted by Crippen LogP contribution is -2.36. The highest BCUT2D eigenvalue weighted by Gasteiger charge is 2.22. The van der Waals surface area contributed by atoms with Crippen LogP contribution in [0.3, 0.4) is 0 Å². The van der Waals surface area contributed by atoms with Crippen molar-refractivity contribution in [2.75, 3.05) is 11.9 Å². The van der Waals surface area contributed by atoms with E-state index in [1.54, 1.807) is 56.4 Å². The molecule has 138 valence electrons. The van der Waals surface area contributed by atoms with Crippen LogP contribution in [0.5, 0.6) is 0 Å². The van der Waals surface area contributed by atoms with Gasteiger partial charge in [-0.15, -0.1) is 0 Å². The van der Waals surface area contributed by atoms with E-state index >= 15 is 0 Å². The van der Waals surface area contributed by atoms with E-state index in [1.165, 1.54) is 0 Å². The highest BCUT2D eigenvalue weighted by atomic mass is 16.6. The molecule has 0 bridgehead atoms. The molecule has 0 aliphatic carbocycles. The van der Waals surface area contributed by atoms with Crippen LogP contribution in [0.25, 0.3) is 0 Å². The number of carbonyl (C=O) groups is 2. The fourth-order valence-corrected chi connectivity index (χ4v) is 2.18. The van der Waals surface area contributed by atoms with Crippen LogP contribution in [0.4, 0.5) is 5.69 Å². The summed E-state index contributed by atoms with van der Waals surface area (Å²) in [6.45, 7) is 3.68. The first-order chi connectivity index (χ1) is 12.3. The molecule has 0 aliphatic rings. The lowest BCUT2D eigenvalue weighted by molar-refractivity contribution is -0.137. The summed E-state index contributed by atoms with van der Waals surface area (Å²) in [4.78, 5) is 27.7. The summed E-state index contributed by atoms with van der Waals surface area (Å²) >= 11 is 0. The van der Waals surface area contributed by atoms with E-state index in [2.05, 4.69) is 10.3 Å². The lowest BCUT2D eigenvalue weighted by atomic mass is 10.1. The minimum atomic E-state index is -0.983. The number of pyridine rings is 1. The van der Waals surface area contributed by atoms with Gasteiger partial charge in [-0.1, -0.05) is 6.07 Å². The topological polar surface area (TPSA) is 115 Å². The molecule has 1 heterocycles. The predicted molar refractivity (Wildman–Crippen MR) is 98.0 cm³/mol. The molecule has 0 fully saturated rings. The molecular weight excluding hydrogens is 334 g/mol. The number of esters is 1. The summed E-state index contributed by atoms with van der Waals surface area (Å²) in [7, 11) is 0. The van der Waals surface area contributed by atoms with Crippen LogP contribution >= 0.6 is 0 Å². The Morgan fingerprint density at radius 3 is 2.46 bits per heavy atom. The van der Waals surface area contributed by atoms with Crippen molar-refractivity contribution in [3.8, 4) is 0 Å². The second-order valence-electron chi connectivity index (χ2n) is 6.49. The van der Waals surface area contributed by atoms with Crippen molar-refractivity contribution in [2.24, 2.45) is 5.73 Å². The van der Waals surface area contributed by atoms with E-state index in [1.807, 2.05) is 6.07 Å². The number of aromatic nitrogens is 1. The van der Waals surface area contributed by atoms with Crippen molar-refractivity contribution >= 4 is 17.6 Å². The van der Waals surface area contributed by atoms with Gasteiger partial charge in [-0.3, -0.25) is 4.98 Å². The second kappa shape index (κ2) is 8.44. The van der Waals surface area contributed by atoms with Gasteiger partial charge in [-0.05, 0) is 50.2 Å². The van der Waals surface area contributed by atoms with Crippen LogP contribution in [0, 0.1) is 0 Å². The Hall–Kier alpha value is -2.93. The summed E-state index contributed by atoms with van der Waals surface area (Å²) in [6, 6.07) is 11.0. The van der Waals surface area contributed by atoms with E-state index in [0.29, 0.717) is 16.9 Å². The second-order valence-corrected chi connectivity index (χ2v) is 6.49. The van der Waals surface area contributed by atoms with Gasteiger partial charge in [-0.2, -0.15) is 0 Å². The molecule has 0 radical (unpaired) electrons. The highest BCUT2D eigenvalue weighted by Crippen LogP contribution is 2.16. The van der Waals surface area contributed by atoms with Gasteiger partial charge in [0.25, 0.3) is 0 Å². The first kappa shape index (κ1) is 19.4. The van der Waals surface area contributed by atoms with Crippen molar-refractivity contribution in [2.45, 2.75) is 31.9 Å². The molecule has 0 spiro atoms. The van der Waals surface area contributed by atoms with E-state index in [0.717, 1.165) is 0 Å². The number of aliphatic carboxylic acids is 1. The highest BCUT2D eigenvalue weighted by molar-refractivity contribution is 5.90. The number of nitrogens with one attached hydrogen (secondary N) is 1. The molecular formula is C19H23N3O4. The number of nitrogens with two attached hydrogens (primary N) is 1. The number of carbonyl (C=O) groups excluding carboxylic acids is 1. The largest absolute Gasteiger partial charge is 0.480 e.